The smallest absolute Gasteiger partial charge is 0.225 e. The van der Waals surface area contributed by atoms with Gasteiger partial charge in [-0.2, -0.15) is 5.26 Å². The van der Waals surface area contributed by atoms with Crippen LogP contribution in [0, 0.1) is 11.3 Å². The van der Waals surface area contributed by atoms with Crippen LogP contribution in [0.5, 0.6) is 0 Å². The van der Waals surface area contributed by atoms with Crippen LogP contribution in [0.1, 0.15) is 5.56 Å². The van der Waals surface area contributed by atoms with E-state index in [9.17, 15) is 8.42 Å². The van der Waals surface area contributed by atoms with Crippen LogP contribution in [0.2, 0.25) is 10.0 Å². The molecule has 0 aliphatic carbocycles. The van der Waals surface area contributed by atoms with Crippen molar-refractivity contribution in [1.82, 2.24) is 0 Å². The number of hydrogen-bond acceptors (Lipinski definition) is 3. The van der Waals surface area contributed by atoms with Gasteiger partial charge in [0.2, 0.25) is 10.0 Å². The molecule has 0 radical (unpaired) electrons. The van der Waals surface area contributed by atoms with Crippen LogP contribution in [0.3, 0.4) is 0 Å². The highest BCUT2D eigenvalue weighted by Gasteiger charge is 2.15. The van der Waals surface area contributed by atoms with E-state index in [0.717, 1.165) is 6.07 Å². The van der Waals surface area contributed by atoms with E-state index < -0.39 is 10.0 Å². The van der Waals surface area contributed by atoms with Crippen molar-refractivity contribution < 1.29 is 8.42 Å². The van der Waals surface area contributed by atoms with E-state index in [-0.39, 0.29) is 20.5 Å². The monoisotopic (exact) mass is 250 g/mol. The van der Waals surface area contributed by atoms with Gasteiger partial charge in [0.1, 0.15) is 11.0 Å². The normalized spacial score (nSPS) is 11.0. The summed E-state index contributed by atoms with van der Waals surface area (Å²) in [6.45, 7) is 0. The van der Waals surface area contributed by atoms with Crippen molar-refractivity contribution in [3.8, 4) is 6.07 Å². The van der Waals surface area contributed by atoms with Gasteiger partial charge in [-0.15, -0.1) is 0 Å². The molecule has 0 saturated heterocycles. The van der Waals surface area contributed by atoms with E-state index in [0.29, 0.717) is 0 Å². The lowest BCUT2D eigenvalue weighted by Crippen LogP contribution is -2.13. The summed E-state index contributed by atoms with van der Waals surface area (Å²) in [6.07, 6.45) is 0. The fourth-order valence-electron chi connectivity index (χ4n) is 0.833. The third-order valence-corrected chi connectivity index (χ3v) is 3.14. The Morgan fingerprint density at radius 1 is 1.29 bits per heavy atom. The second-order valence-corrected chi connectivity index (χ2v) is 4.76. The molecular weight excluding hydrogens is 247 g/mol. The minimum absolute atomic E-state index is 0.0140. The zero-order valence-corrected chi connectivity index (χ0v) is 8.99. The first-order valence-electron chi connectivity index (χ1n) is 3.28. The van der Waals surface area contributed by atoms with Crippen LogP contribution < -0.4 is 5.14 Å². The van der Waals surface area contributed by atoms with Gasteiger partial charge < -0.3 is 0 Å². The van der Waals surface area contributed by atoms with E-state index in [4.69, 9.17) is 33.6 Å². The highest BCUT2D eigenvalue weighted by atomic mass is 35.5. The molecule has 1 aromatic rings. The summed E-state index contributed by atoms with van der Waals surface area (Å²) in [5.74, 6) is 0. The molecule has 0 saturated carbocycles. The first-order valence-corrected chi connectivity index (χ1v) is 5.58. The molecule has 1 aromatic carbocycles. The number of nitrogens with zero attached hydrogens (tertiary/aromatic N) is 1. The first kappa shape index (κ1) is 11.3. The summed E-state index contributed by atoms with van der Waals surface area (Å²) in [5, 5.41) is 13.4. The molecule has 0 aromatic heterocycles. The Balaban J connectivity index is 3.58. The lowest BCUT2D eigenvalue weighted by Gasteiger charge is -2.02. The Kier molecular flexibility index (Phi) is 3.02. The molecule has 0 spiro atoms. The van der Waals surface area contributed by atoms with E-state index in [1.807, 2.05) is 0 Å². The molecule has 0 aliphatic rings. The third-order valence-electron chi connectivity index (χ3n) is 1.45. The van der Waals surface area contributed by atoms with Gasteiger partial charge in [-0.05, 0) is 12.1 Å². The van der Waals surface area contributed by atoms with E-state index in [1.54, 1.807) is 6.07 Å². The highest BCUT2D eigenvalue weighted by Crippen LogP contribution is 2.27. The van der Waals surface area contributed by atoms with Crippen molar-refractivity contribution >= 4 is 33.2 Å². The Labute approximate surface area is 90.9 Å². The topological polar surface area (TPSA) is 83.9 Å². The SMILES string of the molecule is N#Cc1cc(S(N)(=O)=O)c(Cl)cc1Cl. The van der Waals surface area contributed by atoms with Crippen LogP contribution in [0.15, 0.2) is 17.0 Å². The summed E-state index contributed by atoms with van der Waals surface area (Å²) in [4.78, 5) is -0.305. The zero-order chi connectivity index (χ0) is 10.9. The zero-order valence-electron chi connectivity index (χ0n) is 6.66. The fourth-order valence-corrected chi connectivity index (χ4v) is 2.19. The summed E-state index contributed by atoms with van der Waals surface area (Å²) in [7, 11) is -3.92. The average molecular weight is 251 g/mol. The summed E-state index contributed by atoms with van der Waals surface area (Å²) in [6, 6.07) is 3.93. The maximum absolute atomic E-state index is 11.0. The standard InChI is InChI=1S/C7H4Cl2N2O2S/c8-5-2-6(9)7(14(11,12)13)1-4(5)3-10/h1-2H,(H2,11,12,13). The van der Waals surface area contributed by atoms with E-state index in [1.165, 1.54) is 6.07 Å². The summed E-state index contributed by atoms with van der Waals surface area (Å²) >= 11 is 11.2. The number of nitrogens with two attached hydrogens (primary N) is 1. The lowest BCUT2D eigenvalue weighted by molar-refractivity contribution is 0.598. The average Bonchev–Trinajstić information content (AvgIpc) is 2.02. The molecule has 14 heavy (non-hydrogen) atoms. The molecule has 4 nitrogen and oxygen atoms in total. The maximum Gasteiger partial charge on any atom is 0.239 e. The predicted molar refractivity (Wildman–Crippen MR) is 52.6 cm³/mol. The summed E-state index contributed by atoms with van der Waals surface area (Å²) in [5.41, 5.74) is 0.0140. The predicted octanol–water partition coefficient (Wildman–Crippen LogP) is 1.51. The highest BCUT2D eigenvalue weighted by molar-refractivity contribution is 7.89. The van der Waals surface area contributed by atoms with Gasteiger partial charge in [0, 0.05) is 0 Å². The maximum atomic E-state index is 11.0. The fraction of sp³-hybridized carbons (Fsp3) is 0. The Morgan fingerprint density at radius 3 is 2.29 bits per heavy atom. The Bertz CT molecular complexity index is 519. The minimum atomic E-state index is -3.92. The molecule has 0 unspecified atom stereocenters. The van der Waals surface area contributed by atoms with Crippen molar-refractivity contribution in [2.24, 2.45) is 5.14 Å². The number of rotatable bonds is 1. The number of hydrogen-bond donors (Lipinski definition) is 1. The molecule has 74 valence electrons. The van der Waals surface area contributed by atoms with Crippen LogP contribution in [0.25, 0.3) is 0 Å². The third kappa shape index (κ3) is 2.16. The molecule has 1 rings (SSSR count). The van der Waals surface area contributed by atoms with Crippen molar-refractivity contribution in [3.63, 3.8) is 0 Å². The second-order valence-electron chi connectivity index (χ2n) is 2.42. The molecule has 0 atom stereocenters. The van der Waals surface area contributed by atoms with Gasteiger partial charge in [0.25, 0.3) is 0 Å². The lowest BCUT2D eigenvalue weighted by atomic mass is 10.2. The van der Waals surface area contributed by atoms with Crippen LogP contribution in [-0.4, -0.2) is 8.42 Å². The van der Waals surface area contributed by atoms with Crippen LogP contribution in [0.4, 0.5) is 0 Å². The number of sulfonamides is 1. The number of benzene rings is 1. The number of primary sulfonamides is 1. The van der Waals surface area contributed by atoms with Gasteiger partial charge in [-0.1, -0.05) is 23.2 Å². The van der Waals surface area contributed by atoms with Gasteiger partial charge in [-0.3, -0.25) is 0 Å². The Morgan fingerprint density at radius 2 is 1.86 bits per heavy atom. The molecule has 0 amide bonds. The van der Waals surface area contributed by atoms with Crippen molar-refractivity contribution in [3.05, 3.63) is 27.7 Å². The largest absolute Gasteiger partial charge is 0.239 e. The van der Waals surface area contributed by atoms with Crippen molar-refractivity contribution in [1.29, 1.82) is 5.26 Å². The van der Waals surface area contributed by atoms with E-state index >= 15 is 0 Å². The van der Waals surface area contributed by atoms with Gasteiger partial charge in [-0.25, -0.2) is 13.6 Å². The molecule has 0 fully saturated rings. The molecular formula is C7H4Cl2N2O2S. The Hall–Kier alpha value is -0.800. The van der Waals surface area contributed by atoms with E-state index in [2.05, 4.69) is 0 Å². The molecule has 2 N–H and O–H groups in total. The number of nitriles is 1. The van der Waals surface area contributed by atoms with Crippen LogP contribution >= 0.6 is 23.2 Å². The molecule has 0 bridgehead atoms. The number of halogens is 2. The first-order chi connectivity index (χ1) is 6.36. The summed E-state index contributed by atoms with van der Waals surface area (Å²) < 4.78 is 21.9. The minimum Gasteiger partial charge on any atom is -0.225 e. The van der Waals surface area contributed by atoms with Gasteiger partial charge >= 0.3 is 0 Å². The van der Waals surface area contributed by atoms with Gasteiger partial charge in [0.15, 0.2) is 0 Å². The molecule has 7 heteroatoms. The van der Waals surface area contributed by atoms with Gasteiger partial charge in [0.05, 0.1) is 15.6 Å². The van der Waals surface area contributed by atoms with Crippen molar-refractivity contribution in [2.75, 3.05) is 0 Å². The second kappa shape index (κ2) is 3.75. The quantitative estimate of drug-likeness (QED) is 0.820. The molecule has 0 aliphatic heterocycles. The van der Waals surface area contributed by atoms with Crippen LogP contribution in [-0.2, 0) is 10.0 Å². The molecule has 0 heterocycles. The van der Waals surface area contributed by atoms with Crippen molar-refractivity contribution in [2.45, 2.75) is 4.90 Å².